The van der Waals surface area contributed by atoms with E-state index in [2.05, 4.69) is 10.3 Å². The van der Waals surface area contributed by atoms with Gasteiger partial charge in [0.1, 0.15) is 5.60 Å². The third kappa shape index (κ3) is 3.71. The molecule has 0 unspecified atom stereocenters. The normalized spacial score (nSPS) is 15.7. The highest BCUT2D eigenvalue weighted by Gasteiger charge is 2.28. The van der Waals surface area contributed by atoms with Gasteiger partial charge in [-0.2, -0.15) is 0 Å². The summed E-state index contributed by atoms with van der Waals surface area (Å²) in [6, 6.07) is 7.82. The van der Waals surface area contributed by atoms with Crippen molar-refractivity contribution in [1.82, 2.24) is 29.0 Å². The Bertz CT molecular complexity index is 1110. The first kappa shape index (κ1) is 20.2. The number of aryl methyl sites for hydroxylation is 1. The van der Waals surface area contributed by atoms with Crippen LogP contribution in [0, 0.1) is 0 Å². The number of para-hydroxylation sites is 2. The minimum Gasteiger partial charge on any atom is -0.444 e. The van der Waals surface area contributed by atoms with Gasteiger partial charge in [-0.15, -0.1) is 5.10 Å². The second-order valence-corrected chi connectivity index (χ2v) is 8.61. The standard InChI is InChI=1S/C21H28N6O3/c1-5-25-16-8-6-7-9-17(16)27(19(25)28)18-14-26(23-22-18)15-10-12-24(13-11-15)20(29)30-21(2,3)4/h6-9,14-15H,5,10-13H2,1-4H3. The minimum atomic E-state index is -0.500. The average Bonchev–Trinajstić information content (AvgIpc) is 3.28. The number of hydrogen-bond acceptors (Lipinski definition) is 5. The number of imidazole rings is 1. The first-order valence-corrected chi connectivity index (χ1v) is 10.4. The number of ether oxygens (including phenoxy) is 1. The lowest BCUT2D eigenvalue weighted by molar-refractivity contribution is 0.0184. The second kappa shape index (κ2) is 7.62. The van der Waals surface area contributed by atoms with E-state index in [-0.39, 0.29) is 17.8 Å². The number of carbonyl (C=O) groups excluding carboxylic acids is 1. The summed E-state index contributed by atoms with van der Waals surface area (Å²) in [4.78, 5) is 26.9. The summed E-state index contributed by atoms with van der Waals surface area (Å²) in [5, 5.41) is 8.57. The van der Waals surface area contributed by atoms with Gasteiger partial charge >= 0.3 is 11.8 Å². The Morgan fingerprint density at radius 2 is 1.83 bits per heavy atom. The van der Waals surface area contributed by atoms with Crippen LogP contribution in [0.5, 0.6) is 0 Å². The van der Waals surface area contributed by atoms with Gasteiger partial charge in [0.15, 0.2) is 5.82 Å². The number of benzene rings is 1. The van der Waals surface area contributed by atoms with Crippen LogP contribution in [-0.4, -0.2) is 53.8 Å². The number of aromatic nitrogens is 5. The predicted molar refractivity (Wildman–Crippen MR) is 113 cm³/mol. The lowest BCUT2D eigenvalue weighted by Crippen LogP contribution is -2.42. The SMILES string of the molecule is CCn1c(=O)n(-c2cn(C3CCN(C(=O)OC(C)(C)C)CC3)nn2)c2ccccc21. The molecule has 1 saturated heterocycles. The van der Waals surface area contributed by atoms with E-state index < -0.39 is 5.60 Å². The molecule has 1 aliphatic rings. The molecule has 3 aromatic rings. The van der Waals surface area contributed by atoms with Crippen molar-refractivity contribution in [3.8, 4) is 5.82 Å². The molecular weight excluding hydrogens is 384 g/mol. The zero-order chi connectivity index (χ0) is 21.5. The first-order chi connectivity index (χ1) is 14.3. The monoisotopic (exact) mass is 412 g/mol. The Morgan fingerprint density at radius 1 is 1.17 bits per heavy atom. The maximum atomic E-state index is 12.9. The summed E-state index contributed by atoms with van der Waals surface area (Å²) in [6.07, 6.45) is 3.06. The van der Waals surface area contributed by atoms with Gasteiger partial charge in [0, 0.05) is 19.6 Å². The van der Waals surface area contributed by atoms with Crippen LogP contribution < -0.4 is 5.69 Å². The Morgan fingerprint density at radius 3 is 2.47 bits per heavy atom. The molecule has 0 radical (unpaired) electrons. The fraction of sp³-hybridized carbons (Fsp3) is 0.524. The van der Waals surface area contributed by atoms with Gasteiger partial charge in [-0.1, -0.05) is 17.3 Å². The van der Waals surface area contributed by atoms with Crippen molar-refractivity contribution in [1.29, 1.82) is 0 Å². The van der Waals surface area contributed by atoms with Crippen LogP contribution in [0.15, 0.2) is 35.3 Å². The number of carbonyl (C=O) groups is 1. The fourth-order valence-electron chi connectivity index (χ4n) is 3.92. The van der Waals surface area contributed by atoms with Crippen molar-refractivity contribution >= 4 is 17.1 Å². The number of fused-ring (bicyclic) bond motifs is 1. The molecule has 1 fully saturated rings. The molecular formula is C21H28N6O3. The molecule has 0 N–H and O–H groups in total. The van der Waals surface area contributed by atoms with Crippen LogP contribution in [-0.2, 0) is 11.3 Å². The molecule has 1 amide bonds. The van der Waals surface area contributed by atoms with Gasteiger partial charge < -0.3 is 9.64 Å². The molecule has 0 bridgehead atoms. The van der Waals surface area contributed by atoms with E-state index in [1.165, 1.54) is 0 Å². The van der Waals surface area contributed by atoms with Crippen molar-refractivity contribution < 1.29 is 9.53 Å². The second-order valence-electron chi connectivity index (χ2n) is 8.61. The molecule has 9 nitrogen and oxygen atoms in total. The maximum Gasteiger partial charge on any atom is 0.410 e. The van der Waals surface area contributed by atoms with Crippen LogP contribution in [0.3, 0.4) is 0 Å². The quantitative estimate of drug-likeness (QED) is 0.660. The van der Waals surface area contributed by atoms with Crippen molar-refractivity contribution in [2.75, 3.05) is 13.1 Å². The van der Waals surface area contributed by atoms with E-state index in [0.29, 0.717) is 25.5 Å². The van der Waals surface area contributed by atoms with E-state index >= 15 is 0 Å². The third-order valence-electron chi connectivity index (χ3n) is 5.37. The van der Waals surface area contributed by atoms with Crippen LogP contribution in [0.25, 0.3) is 16.9 Å². The van der Waals surface area contributed by atoms with E-state index in [0.717, 1.165) is 23.9 Å². The number of likely N-dealkylation sites (tertiary alicyclic amines) is 1. The Labute approximate surface area is 174 Å². The summed E-state index contributed by atoms with van der Waals surface area (Å²) in [6.45, 7) is 9.34. The van der Waals surface area contributed by atoms with E-state index in [4.69, 9.17) is 4.74 Å². The van der Waals surface area contributed by atoms with Crippen molar-refractivity contribution in [2.24, 2.45) is 0 Å². The highest BCUT2D eigenvalue weighted by atomic mass is 16.6. The first-order valence-electron chi connectivity index (χ1n) is 10.4. The Kier molecular flexibility index (Phi) is 5.13. The molecule has 3 heterocycles. The predicted octanol–water partition coefficient (Wildman–Crippen LogP) is 2.98. The highest BCUT2D eigenvalue weighted by molar-refractivity contribution is 5.77. The van der Waals surface area contributed by atoms with Crippen LogP contribution in [0.4, 0.5) is 4.79 Å². The van der Waals surface area contributed by atoms with Crippen LogP contribution in [0.1, 0.15) is 46.6 Å². The molecule has 4 rings (SSSR count). The summed E-state index contributed by atoms with van der Waals surface area (Å²) in [5.41, 5.74) is 1.08. The minimum absolute atomic E-state index is 0.120. The number of amides is 1. The fourth-order valence-corrected chi connectivity index (χ4v) is 3.92. The topological polar surface area (TPSA) is 87.2 Å². The van der Waals surface area contributed by atoms with Gasteiger partial charge in [-0.25, -0.2) is 18.8 Å². The van der Waals surface area contributed by atoms with Crippen LogP contribution in [0.2, 0.25) is 0 Å². The zero-order valence-electron chi connectivity index (χ0n) is 17.9. The maximum absolute atomic E-state index is 12.9. The highest BCUT2D eigenvalue weighted by Crippen LogP contribution is 2.24. The molecule has 0 atom stereocenters. The molecule has 9 heteroatoms. The zero-order valence-corrected chi connectivity index (χ0v) is 17.9. The smallest absolute Gasteiger partial charge is 0.410 e. The lowest BCUT2D eigenvalue weighted by atomic mass is 10.1. The summed E-state index contributed by atoms with van der Waals surface area (Å²) < 4.78 is 10.6. The molecule has 0 saturated carbocycles. The molecule has 160 valence electrons. The summed E-state index contributed by atoms with van der Waals surface area (Å²) in [7, 11) is 0. The van der Waals surface area contributed by atoms with Gasteiger partial charge in [-0.3, -0.25) is 4.57 Å². The molecule has 30 heavy (non-hydrogen) atoms. The lowest BCUT2D eigenvalue weighted by Gasteiger charge is -2.33. The Balaban J connectivity index is 1.53. The average molecular weight is 412 g/mol. The number of hydrogen-bond donors (Lipinski definition) is 0. The Hall–Kier alpha value is -3.10. The van der Waals surface area contributed by atoms with Crippen molar-refractivity contribution in [3.63, 3.8) is 0 Å². The molecule has 0 aliphatic carbocycles. The van der Waals surface area contributed by atoms with Crippen molar-refractivity contribution in [3.05, 3.63) is 40.9 Å². The largest absolute Gasteiger partial charge is 0.444 e. The molecule has 1 aromatic carbocycles. The number of rotatable bonds is 3. The van der Waals surface area contributed by atoms with Gasteiger partial charge in [0.2, 0.25) is 0 Å². The van der Waals surface area contributed by atoms with Gasteiger partial charge in [0.05, 0.1) is 23.3 Å². The third-order valence-corrected chi connectivity index (χ3v) is 5.37. The molecule has 2 aromatic heterocycles. The summed E-state index contributed by atoms with van der Waals surface area (Å²) in [5.74, 6) is 0.512. The number of piperidine rings is 1. The van der Waals surface area contributed by atoms with Gasteiger partial charge in [-0.05, 0) is 52.7 Å². The molecule has 1 aliphatic heterocycles. The molecule has 0 spiro atoms. The van der Waals surface area contributed by atoms with E-state index in [1.807, 2.05) is 62.8 Å². The van der Waals surface area contributed by atoms with E-state index in [1.54, 1.807) is 14.0 Å². The van der Waals surface area contributed by atoms with Crippen LogP contribution >= 0.6 is 0 Å². The van der Waals surface area contributed by atoms with E-state index in [9.17, 15) is 9.59 Å². The van der Waals surface area contributed by atoms with Gasteiger partial charge in [0.25, 0.3) is 0 Å². The summed E-state index contributed by atoms with van der Waals surface area (Å²) >= 11 is 0. The van der Waals surface area contributed by atoms with Crippen molar-refractivity contribution in [2.45, 2.75) is 58.7 Å². The number of nitrogens with zero attached hydrogens (tertiary/aromatic N) is 6.